The summed E-state index contributed by atoms with van der Waals surface area (Å²) in [6.07, 6.45) is -4.29. The Morgan fingerprint density at radius 1 is 1.07 bits per heavy atom. The maximum atomic E-state index is 9.29. The average Bonchev–Trinajstić information content (AvgIpc) is 2.26. The van der Waals surface area contributed by atoms with Crippen LogP contribution < -0.4 is 0 Å². The molecule has 0 aliphatic carbocycles. The lowest BCUT2D eigenvalue weighted by Crippen LogP contribution is -2.41. The third kappa shape index (κ3) is 9.91. The zero-order valence-corrected chi connectivity index (χ0v) is 8.79. The summed E-state index contributed by atoms with van der Waals surface area (Å²) in [5.41, 5.74) is 0. The highest BCUT2D eigenvalue weighted by atomic mass is 32.1. The van der Waals surface area contributed by atoms with Crippen LogP contribution in [0.15, 0.2) is 0 Å². The van der Waals surface area contributed by atoms with E-state index in [0.717, 1.165) is 0 Å². The minimum atomic E-state index is -1.49. The van der Waals surface area contributed by atoms with Crippen LogP contribution in [0.25, 0.3) is 0 Å². The summed E-state index contributed by atoms with van der Waals surface area (Å²) in [6, 6.07) is 0. The predicted molar refractivity (Wildman–Crippen MR) is 53.7 cm³/mol. The molecule has 0 bridgehead atoms. The molecule has 0 aliphatic rings. The number of carboxylic acids is 1. The summed E-state index contributed by atoms with van der Waals surface area (Å²) >= 11 is 3.42. The Labute approximate surface area is 92.0 Å². The Kier molecular flexibility index (Phi) is 11.5. The molecule has 0 heterocycles. The molecule has 0 amide bonds. The fourth-order valence-electron chi connectivity index (χ4n) is 0.472. The van der Waals surface area contributed by atoms with Gasteiger partial charge in [0.2, 0.25) is 0 Å². The van der Waals surface area contributed by atoms with Crippen LogP contribution in [0.5, 0.6) is 0 Å². The highest BCUT2D eigenvalue weighted by molar-refractivity contribution is 7.81. The van der Waals surface area contributed by atoms with Gasteiger partial charge in [-0.25, -0.2) is 0 Å². The maximum absolute atomic E-state index is 9.29. The fourth-order valence-corrected chi connectivity index (χ4v) is 0.472. The summed E-state index contributed by atoms with van der Waals surface area (Å²) < 4.78 is 0. The van der Waals surface area contributed by atoms with Crippen molar-refractivity contribution in [2.24, 2.45) is 0 Å². The van der Waals surface area contributed by atoms with E-state index in [1.54, 1.807) is 0 Å². The van der Waals surface area contributed by atoms with Crippen LogP contribution in [-0.4, -0.2) is 73.9 Å². The summed E-state index contributed by atoms with van der Waals surface area (Å²) in [7, 11) is 0. The minimum Gasteiger partial charge on any atom is -0.481 e. The second kappa shape index (κ2) is 10.1. The van der Waals surface area contributed by atoms with Crippen molar-refractivity contribution in [3.05, 3.63) is 0 Å². The van der Waals surface area contributed by atoms with Gasteiger partial charge in [0.1, 0.15) is 18.3 Å². The molecule has 2 unspecified atom stereocenters. The molecule has 2 atom stereocenters. The molecule has 0 aromatic heterocycles. The Morgan fingerprint density at radius 3 is 1.47 bits per heavy atom. The lowest BCUT2D eigenvalue weighted by molar-refractivity contribution is -0.133. The van der Waals surface area contributed by atoms with Crippen LogP contribution in [0.2, 0.25) is 0 Å². The average molecular weight is 244 g/mol. The third-order valence-corrected chi connectivity index (χ3v) is 1.57. The molecule has 0 spiro atoms. The molecule has 8 heteroatoms. The quantitative estimate of drug-likeness (QED) is 0.257. The molecule has 0 saturated heterocycles. The second-order valence-corrected chi connectivity index (χ2v) is 2.86. The molecular weight excluding hydrogens is 228 g/mol. The molecule has 7 nitrogen and oxygen atoms in total. The largest absolute Gasteiger partial charge is 0.481 e. The summed E-state index contributed by atoms with van der Waals surface area (Å²) in [5.74, 6) is -0.965. The van der Waals surface area contributed by atoms with Crippen LogP contribution in [0.3, 0.4) is 0 Å². The molecule has 0 radical (unpaired) electrons. The highest BCUT2D eigenvalue weighted by Crippen LogP contribution is 1.97. The minimum absolute atomic E-state index is 0.0833. The lowest BCUT2D eigenvalue weighted by Gasteiger charge is -2.19. The van der Waals surface area contributed by atoms with E-state index in [-0.39, 0.29) is 5.75 Å². The van der Waals surface area contributed by atoms with Crippen molar-refractivity contribution in [2.75, 3.05) is 19.0 Å². The van der Waals surface area contributed by atoms with Crippen LogP contribution in [-0.2, 0) is 4.79 Å². The Bertz CT molecular complexity index is 155. The van der Waals surface area contributed by atoms with E-state index in [2.05, 4.69) is 12.6 Å². The number of carbonyl (C=O) groups is 1. The number of aliphatic hydroxyl groups excluding tert-OH is 5. The van der Waals surface area contributed by atoms with Gasteiger partial charge in [-0.05, 0) is 0 Å². The monoisotopic (exact) mass is 244 g/mol. The number of hydrogen-bond donors (Lipinski definition) is 7. The molecule has 6 N–H and O–H groups in total. The van der Waals surface area contributed by atoms with E-state index in [1.807, 2.05) is 0 Å². The summed E-state index contributed by atoms with van der Waals surface area (Å²) in [4.78, 5) is 9.29. The number of rotatable bonds is 5. The van der Waals surface area contributed by atoms with Crippen LogP contribution in [0.4, 0.5) is 0 Å². The first kappa shape index (κ1) is 17.0. The van der Waals surface area contributed by atoms with Crippen LogP contribution in [0.1, 0.15) is 0 Å². The van der Waals surface area contributed by atoms with Crippen LogP contribution >= 0.6 is 12.6 Å². The number of aliphatic hydroxyl groups is 5. The van der Waals surface area contributed by atoms with Gasteiger partial charge in [-0.15, -0.1) is 0 Å². The zero-order valence-electron chi connectivity index (χ0n) is 7.89. The van der Waals surface area contributed by atoms with E-state index in [0.29, 0.717) is 0 Å². The van der Waals surface area contributed by atoms with Crippen molar-refractivity contribution in [2.45, 2.75) is 18.3 Å². The highest BCUT2D eigenvalue weighted by Gasteiger charge is 2.22. The van der Waals surface area contributed by atoms with Gasteiger partial charge >= 0.3 is 5.97 Å². The van der Waals surface area contributed by atoms with E-state index in [1.165, 1.54) is 0 Å². The van der Waals surface area contributed by atoms with Gasteiger partial charge in [-0.1, -0.05) is 0 Å². The predicted octanol–water partition coefficient (Wildman–Crippen LogP) is -2.95. The lowest BCUT2D eigenvalue weighted by atomic mass is 10.1. The van der Waals surface area contributed by atoms with E-state index >= 15 is 0 Å². The van der Waals surface area contributed by atoms with Crippen molar-refractivity contribution in [1.82, 2.24) is 0 Å². The van der Waals surface area contributed by atoms with Crippen molar-refractivity contribution in [1.29, 1.82) is 0 Å². The first-order chi connectivity index (χ1) is 6.90. The second-order valence-electron chi connectivity index (χ2n) is 2.54. The van der Waals surface area contributed by atoms with Gasteiger partial charge in [0.25, 0.3) is 0 Å². The third-order valence-electron chi connectivity index (χ3n) is 1.30. The Balaban J connectivity index is 0. The molecule has 0 rings (SSSR count). The van der Waals surface area contributed by atoms with Crippen LogP contribution in [0, 0.1) is 0 Å². The smallest absolute Gasteiger partial charge is 0.313 e. The van der Waals surface area contributed by atoms with Crippen molar-refractivity contribution in [3.8, 4) is 0 Å². The molecular formula is C7H16O7S. The van der Waals surface area contributed by atoms with Crippen molar-refractivity contribution < 1.29 is 35.4 Å². The number of thiol groups is 1. The molecule has 0 aliphatic heterocycles. The van der Waals surface area contributed by atoms with Gasteiger partial charge in [0.15, 0.2) is 0 Å². The standard InChI is InChI=1S/C5H12O5.C2H4O2S/c6-1-3(8)5(10)4(9)2-7;3-2(4)1-5/h3-10H,1-2H2;5H,1H2,(H,3,4). The van der Waals surface area contributed by atoms with Gasteiger partial charge < -0.3 is 30.6 Å². The van der Waals surface area contributed by atoms with E-state index < -0.39 is 37.5 Å². The van der Waals surface area contributed by atoms with E-state index in [9.17, 15) is 4.79 Å². The Hall–Kier alpha value is -0.380. The first-order valence-corrected chi connectivity index (χ1v) is 4.62. The Morgan fingerprint density at radius 2 is 1.33 bits per heavy atom. The van der Waals surface area contributed by atoms with Gasteiger partial charge in [0.05, 0.1) is 19.0 Å². The molecule has 0 saturated carbocycles. The maximum Gasteiger partial charge on any atom is 0.313 e. The topological polar surface area (TPSA) is 138 Å². The number of carboxylic acid groups (broad SMARTS) is 1. The zero-order chi connectivity index (χ0) is 12.4. The summed E-state index contributed by atoms with van der Waals surface area (Å²) in [5, 5.41) is 50.2. The number of hydrogen-bond acceptors (Lipinski definition) is 7. The SMILES string of the molecule is O=C(O)CS.OCC(O)C(O)C(O)CO. The van der Waals surface area contributed by atoms with Gasteiger partial charge in [-0.3, -0.25) is 4.79 Å². The van der Waals surface area contributed by atoms with E-state index in [4.69, 9.17) is 30.6 Å². The molecule has 0 aromatic rings. The summed E-state index contributed by atoms with van der Waals surface area (Å²) in [6.45, 7) is -1.28. The fraction of sp³-hybridized carbons (Fsp3) is 0.857. The molecule has 92 valence electrons. The normalized spacial score (nSPS) is 15.9. The van der Waals surface area contributed by atoms with Gasteiger partial charge in [0, 0.05) is 0 Å². The molecule has 0 fully saturated rings. The van der Waals surface area contributed by atoms with Gasteiger partial charge in [-0.2, -0.15) is 12.6 Å². The molecule has 0 aromatic carbocycles. The van der Waals surface area contributed by atoms with Crippen molar-refractivity contribution in [3.63, 3.8) is 0 Å². The number of aliphatic carboxylic acids is 1. The molecule has 15 heavy (non-hydrogen) atoms. The first-order valence-electron chi connectivity index (χ1n) is 3.99. The van der Waals surface area contributed by atoms with Crippen molar-refractivity contribution >= 4 is 18.6 Å².